The van der Waals surface area contributed by atoms with Gasteiger partial charge in [0.2, 0.25) is 0 Å². The summed E-state index contributed by atoms with van der Waals surface area (Å²) in [5, 5.41) is 11.8. The third-order valence-electron chi connectivity index (χ3n) is 7.75. The smallest absolute Gasteiger partial charge is 0.0476 e. The number of carbonyl (C=O) groups excluding carboxylic acids is 1. The maximum absolute atomic E-state index is 11.8. The number of fused-ring (bicyclic) bond motifs is 3. The van der Waals surface area contributed by atoms with Gasteiger partial charge < -0.3 is 9.90 Å². The lowest BCUT2D eigenvalue weighted by Crippen LogP contribution is -2.56. The van der Waals surface area contributed by atoms with Gasteiger partial charge >= 0.3 is 0 Å². The molecule has 0 radical (unpaired) electrons. The van der Waals surface area contributed by atoms with Crippen molar-refractivity contribution in [3.63, 3.8) is 0 Å². The third-order valence-corrected chi connectivity index (χ3v) is 7.75. The summed E-state index contributed by atoms with van der Waals surface area (Å²) in [6.07, 6.45) is 9.13. The standard InChI is InChI=1S/C20H32O2/c1-13(2)14-9-11-19(3)15(12-14)7-8-17-16(19)6-5-10-20(17,4)18(21)22/h15-17H,5-12H2,1-4H3,(H,21,22)/p-1/t15-,16+,17-,19-,20-/m1/s1. The molecule has 124 valence electrons. The second-order valence-electron chi connectivity index (χ2n) is 8.90. The predicted molar refractivity (Wildman–Crippen MR) is 87.0 cm³/mol. The number of carboxylic acids is 1. The minimum Gasteiger partial charge on any atom is -0.550 e. The van der Waals surface area contributed by atoms with Gasteiger partial charge in [-0.25, -0.2) is 0 Å². The summed E-state index contributed by atoms with van der Waals surface area (Å²) in [7, 11) is 0. The van der Waals surface area contributed by atoms with Crippen molar-refractivity contribution >= 4 is 5.97 Å². The molecule has 22 heavy (non-hydrogen) atoms. The quantitative estimate of drug-likeness (QED) is 0.684. The van der Waals surface area contributed by atoms with E-state index < -0.39 is 11.4 Å². The molecule has 0 amide bonds. The highest BCUT2D eigenvalue weighted by Gasteiger charge is 2.55. The fourth-order valence-electron chi connectivity index (χ4n) is 6.09. The van der Waals surface area contributed by atoms with Crippen LogP contribution in [0.15, 0.2) is 11.1 Å². The van der Waals surface area contributed by atoms with Crippen LogP contribution in [0.1, 0.15) is 79.1 Å². The molecule has 0 N–H and O–H groups in total. The van der Waals surface area contributed by atoms with Crippen LogP contribution < -0.4 is 5.11 Å². The van der Waals surface area contributed by atoms with Gasteiger partial charge in [0.25, 0.3) is 0 Å². The van der Waals surface area contributed by atoms with E-state index >= 15 is 0 Å². The van der Waals surface area contributed by atoms with Gasteiger partial charge in [-0.15, -0.1) is 0 Å². The maximum Gasteiger partial charge on any atom is 0.0476 e. The van der Waals surface area contributed by atoms with Crippen LogP contribution in [-0.2, 0) is 4.79 Å². The van der Waals surface area contributed by atoms with Crippen molar-refractivity contribution in [3.05, 3.63) is 11.1 Å². The van der Waals surface area contributed by atoms with Crippen LogP contribution in [0.4, 0.5) is 0 Å². The number of allylic oxidation sites excluding steroid dienone is 2. The average Bonchev–Trinajstić information content (AvgIpc) is 2.46. The van der Waals surface area contributed by atoms with E-state index in [1.807, 2.05) is 6.92 Å². The number of hydrogen-bond donors (Lipinski definition) is 0. The summed E-state index contributed by atoms with van der Waals surface area (Å²) in [4.78, 5) is 11.8. The Balaban J connectivity index is 1.90. The molecular weight excluding hydrogens is 272 g/mol. The Morgan fingerprint density at radius 3 is 2.45 bits per heavy atom. The van der Waals surface area contributed by atoms with E-state index in [-0.39, 0.29) is 0 Å². The van der Waals surface area contributed by atoms with Crippen molar-refractivity contribution in [2.45, 2.75) is 79.1 Å². The predicted octanol–water partition coefficient (Wildman–Crippen LogP) is 4.10. The normalized spacial score (nSPS) is 44.9. The molecule has 3 saturated carbocycles. The van der Waals surface area contributed by atoms with E-state index in [1.54, 1.807) is 5.57 Å². The van der Waals surface area contributed by atoms with Crippen molar-refractivity contribution in [1.29, 1.82) is 0 Å². The molecule has 3 rings (SSSR count). The number of aliphatic carboxylic acids is 1. The first-order chi connectivity index (χ1) is 10.3. The molecule has 0 heterocycles. The fraction of sp³-hybridized carbons (Fsp3) is 0.850. The van der Waals surface area contributed by atoms with Gasteiger partial charge in [-0.2, -0.15) is 0 Å². The molecule has 0 bridgehead atoms. The molecule has 0 spiro atoms. The molecule has 0 aliphatic heterocycles. The van der Waals surface area contributed by atoms with Crippen molar-refractivity contribution in [1.82, 2.24) is 0 Å². The summed E-state index contributed by atoms with van der Waals surface area (Å²) in [5.74, 6) is 0.879. The maximum atomic E-state index is 11.8. The average molecular weight is 303 g/mol. The van der Waals surface area contributed by atoms with Gasteiger partial charge in [0.15, 0.2) is 0 Å². The van der Waals surface area contributed by atoms with Crippen molar-refractivity contribution < 1.29 is 9.90 Å². The van der Waals surface area contributed by atoms with Crippen LogP contribution in [0, 0.1) is 28.6 Å². The van der Waals surface area contributed by atoms with E-state index in [1.165, 1.54) is 37.7 Å². The summed E-state index contributed by atoms with van der Waals surface area (Å²) >= 11 is 0. The monoisotopic (exact) mass is 303 g/mol. The molecule has 0 aromatic rings. The second kappa shape index (κ2) is 5.39. The van der Waals surface area contributed by atoms with E-state index in [0.717, 1.165) is 25.2 Å². The number of hydrogen-bond acceptors (Lipinski definition) is 2. The molecule has 2 nitrogen and oxygen atoms in total. The van der Waals surface area contributed by atoms with Crippen LogP contribution in [0.5, 0.6) is 0 Å². The van der Waals surface area contributed by atoms with Crippen LogP contribution in [0.25, 0.3) is 0 Å². The van der Waals surface area contributed by atoms with Gasteiger partial charge in [0.05, 0.1) is 0 Å². The molecular formula is C20H31O2-. The SMILES string of the molecule is CC(C)=C1CC[C@]2(C)[C@H](CC[C@@H]3[C@@H]2CCC[C@@]3(C)C(=O)[O-])C1. The first-order valence-electron chi connectivity index (χ1n) is 9.15. The van der Waals surface area contributed by atoms with Crippen molar-refractivity contribution in [2.75, 3.05) is 0 Å². The summed E-state index contributed by atoms with van der Waals surface area (Å²) in [6.45, 7) is 8.93. The summed E-state index contributed by atoms with van der Waals surface area (Å²) in [5.41, 5.74) is 2.93. The minimum absolute atomic E-state index is 0.334. The van der Waals surface area contributed by atoms with Crippen LogP contribution in [-0.4, -0.2) is 5.97 Å². The highest BCUT2D eigenvalue weighted by molar-refractivity contribution is 5.72. The zero-order valence-electron chi connectivity index (χ0n) is 14.7. The minimum atomic E-state index is -0.801. The molecule has 0 unspecified atom stereocenters. The Labute approximate surface area is 135 Å². The molecule has 3 fully saturated rings. The summed E-state index contributed by atoms with van der Waals surface area (Å²) < 4.78 is 0. The van der Waals surface area contributed by atoms with Gasteiger partial charge in [-0.3, -0.25) is 0 Å². The Morgan fingerprint density at radius 2 is 1.82 bits per heavy atom. The largest absolute Gasteiger partial charge is 0.550 e. The Hall–Kier alpha value is -0.790. The number of carboxylic acid groups (broad SMARTS) is 1. The lowest BCUT2D eigenvalue weighted by Gasteiger charge is -2.60. The Kier molecular flexibility index (Phi) is 3.94. The molecule has 2 heteroatoms. The molecule has 0 aromatic heterocycles. The topological polar surface area (TPSA) is 40.1 Å². The number of rotatable bonds is 1. The van der Waals surface area contributed by atoms with E-state index in [9.17, 15) is 9.90 Å². The lowest BCUT2D eigenvalue weighted by atomic mass is 9.45. The van der Waals surface area contributed by atoms with Gasteiger partial charge in [-0.05, 0) is 82.0 Å². The van der Waals surface area contributed by atoms with E-state index in [2.05, 4.69) is 20.8 Å². The first-order valence-corrected chi connectivity index (χ1v) is 9.15. The zero-order chi connectivity index (χ0) is 16.1. The van der Waals surface area contributed by atoms with Crippen LogP contribution in [0.2, 0.25) is 0 Å². The molecule has 3 aliphatic carbocycles. The first kappa shape index (κ1) is 16.1. The number of carbonyl (C=O) groups is 1. The summed E-state index contributed by atoms with van der Waals surface area (Å²) in [6, 6.07) is 0. The fourth-order valence-corrected chi connectivity index (χ4v) is 6.09. The lowest BCUT2D eigenvalue weighted by molar-refractivity contribution is -0.326. The zero-order valence-corrected chi connectivity index (χ0v) is 14.7. The highest BCUT2D eigenvalue weighted by atomic mass is 16.4. The van der Waals surface area contributed by atoms with Crippen LogP contribution in [0.3, 0.4) is 0 Å². The van der Waals surface area contributed by atoms with Gasteiger partial charge in [0, 0.05) is 11.4 Å². The molecule has 5 atom stereocenters. The second-order valence-corrected chi connectivity index (χ2v) is 8.90. The third kappa shape index (κ3) is 2.25. The van der Waals surface area contributed by atoms with Gasteiger partial charge in [0.1, 0.15) is 0 Å². The Morgan fingerprint density at radius 1 is 1.09 bits per heavy atom. The van der Waals surface area contributed by atoms with Crippen molar-refractivity contribution in [3.8, 4) is 0 Å². The van der Waals surface area contributed by atoms with E-state index in [0.29, 0.717) is 17.3 Å². The van der Waals surface area contributed by atoms with E-state index in [4.69, 9.17) is 0 Å². The van der Waals surface area contributed by atoms with Gasteiger partial charge in [-0.1, -0.05) is 31.4 Å². The Bertz CT molecular complexity index is 502. The molecule has 0 saturated heterocycles. The highest BCUT2D eigenvalue weighted by Crippen LogP contribution is 2.63. The molecule has 0 aromatic carbocycles. The van der Waals surface area contributed by atoms with Crippen molar-refractivity contribution in [2.24, 2.45) is 28.6 Å². The molecule has 3 aliphatic rings. The van der Waals surface area contributed by atoms with Crippen LogP contribution >= 0.6 is 0 Å².